The van der Waals surface area contributed by atoms with Crippen molar-refractivity contribution in [2.75, 3.05) is 18.5 Å². The zero-order chi connectivity index (χ0) is 13.1. The molecule has 2 aromatic carbocycles. The van der Waals surface area contributed by atoms with Gasteiger partial charge in [-0.2, -0.15) is 0 Å². The van der Waals surface area contributed by atoms with E-state index in [1.165, 1.54) is 0 Å². The average Bonchev–Trinajstić information content (AvgIpc) is 2.46. The maximum absolute atomic E-state index is 9.22. The van der Waals surface area contributed by atoms with E-state index in [1.54, 1.807) is 12.1 Å². The van der Waals surface area contributed by atoms with Crippen molar-refractivity contribution in [3.05, 3.63) is 48.0 Å². The molecule has 3 rings (SSSR count). The van der Waals surface area contributed by atoms with Gasteiger partial charge in [0, 0.05) is 18.3 Å². The molecule has 2 N–H and O–H groups in total. The number of anilines is 1. The number of benzene rings is 2. The van der Waals surface area contributed by atoms with E-state index in [9.17, 15) is 5.11 Å². The number of ether oxygens (including phenoxy) is 2. The number of phenols is 1. The van der Waals surface area contributed by atoms with Crippen molar-refractivity contribution in [2.24, 2.45) is 0 Å². The Hall–Kier alpha value is -2.36. The summed E-state index contributed by atoms with van der Waals surface area (Å²) in [5.74, 6) is 1.85. The van der Waals surface area contributed by atoms with Crippen LogP contribution in [0.5, 0.6) is 17.2 Å². The highest BCUT2D eigenvalue weighted by molar-refractivity contribution is 5.55. The third-order valence-corrected chi connectivity index (χ3v) is 2.98. The fraction of sp³-hybridized carbons (Fsp3) is 0.200. The van der Waals surface area contributed by atoms with E-state index in [0.717, 1.165) is 22.7 Å². The van der Waals surface area contributed by atoms with Crippen molar-refractivity contribution in [1.29, 1.82) is 0 Å². The minimum atomic E-state index is 0.281. The molecule has 0 unspecified atom stereocenters. The summed E-state index contributed by atoms with van der Waals surface area (Å²) in [5, 5.41) is 12.5. The molecule has 0 spiro atoms. The molecule has 0 saturated heterocycles. The molecule has 98 valence electrons. The average molecular weight is 257 g/mol. The summed E-state index contributed by atoms with van der Waals surface area (Å²) in [5.41, 5.74) is 2.09. The Labute approximate surface area is 111 Å². The molecule has 0 amide bonds. The Kier molecular flexibility index (Phi) is 3.14. The molecule has 1 aliphatic rings. The molecule has 0 fully saturated rings. The standard InChI is InChI=1S/C15H15NO3/c17-13-4-1-11(2-5-13)10-16-12-3-6-14-15(9-12)19-8-7-18-14/h1-6,9,16-17H,7-8,10H2. The highest BCUT2D eigenvalue weighted by atomic mass is 16.6. The zero-order valence-electron chi connectivity index (χ0n) is 10.4. The number of rotatable bonds is 3. The van der Waals surface area contributed by atoms with E-state index in [4.69, 9.17) is 9.47 Å². The molecule has 1 aliphatic heterocycles. The molecule has 0 radical (unpaired) electrons. The molecule has 0 atom stereocenters. The monoisotopic (exact) mass is 257 g/mol. The van der Waals surface area contributed by atoms with Crippen LogP contribution in [0.3, 0.4) is 0 Å². The Morgan fingerprint density at radius 2 is 1.68 bits per heavy atom. The maximum atomic E-state index is 9.22. The van der Waals surface area contributed by atoms with Gasteiger partial charge < -0.3 is 19.9 Å². The lowest BCUT2D eigenvalue weighted by Crippen LogP contribution is -2.15. The van der Waals surface area contributed by atoms with Crippen LogP contribution in [0.2, 0.25) is 0 Å². The molecule has 4 nitrogen and oxygen atoms in total. The zero-order valence-corrected chi connectivity index (χ0v) is 10.4. The van der Waals surface area contributed by atoms with Crippen LogP contribution in [-0.4, -0.2) is 18.3 Å². The van der Waals surface area contributed by atoms with Crippen molar-refractivity contribution in [1.82, 2.24) is 0 Å². The van der Waals surface area contributed by atoms with Crippen LogP contribution < -0.4 is 14.8 Å². The number of nitrogens with one attached hydrogen (secondary N) is 1. The number of hydrogen-bond acceptors (Lipinski definition) is 4. The van der Waals surface area contributed by atoms with E-state index >= 15 is 0 Å². The first kappa shape index (κ1) is 11.7. The van der Waals surface area contributed by atoms with Gasteiger partial charge in [0.1, 0.15) is 19.0 Å². The summed E-state index contributed by atoms with van der Waals surface area (Å²) in [6, 6.07) is 13.0. The predicted molar refractivity (Wildman–Crippen MR) is 72.9 cm³/mol. The normalized spacial score (nSPS) is 13.1. The number of fused-ring (bicyclic) bond motifs is 1. The van der Waals surface area contributed by atoms with Gasteiger partial charge in [0.05, 0.1) is 0 Å². The quantitative estimate of drug-likeness (QED) is 0.887. The molecule has 2 aromatic rings. The van der Waals surface area contributed by atoms with Crippen LogP contribution in [-0.2, 0) is 6.54 Å². The van der Waals surface area contributed by atoms with Crippen LogP contribution in [0, 0.1) is 0 Å². The van der Waals surface area contributed by atoms with Crippen molar-refractivity contribution in [3.63, 3.8) is 0 Å². The van der Waals surface area contributed by atoms with Crippen LogP contribution in [0.1, 0.15) is 5.56 Å². The van der Waals surface area contributed by atoms with Gasteiger partial charge in [0.2, 0.25) is 0 Å². The highest BCUT2D eigenvalue weighted by Crippen LogP contribution is 2.32. The minimum Gasteiger partial charge on any atom is -0.508 e. The topological polar surface area (TPSA) is 50.7 Å². The Balaban J connectivity index is 1.68. The summed E-state index contributed by atoms with van der Waals surface area (Å²) in [6.45, 7) is 1.89. The summed E-state index contributed by atoms with van der Waals surface area (Å²) >= 11 is 0. The summed E-state index contributed by atoms with van der Waals surface area (Å²) in [7, 11) is 0. The van der Waals surface area contributed by atoms with Crippen molar-refractivity contribution >= 4 is 5.69 Å². The second-order valence-electron chi connectivity index (χ2n) is 4.38. The van der Waals surface area contributed by atoms with Gasteiger partial charge in [-0.1, -0.05) is 12.1 Å². The number of hydrogen-bond donors (Lipinski definition) is 2. The molecule has 4 heteroatoms. The SMILES string of the molecule is Oc1ccc(CNc2ccc3c(c2)OCCO3)cc1. The lowest BCUT2D eigenvalue weighted by Gasteiger charge is -2.19. The van der Waals surface area contributed by atoms with Gasteiger partial charge >= 0.3 is 0 Å². The van der Waals surface area contributed by atoms with E-state index in [2.05, 4.69) is 5.32 Å². The Morgan fingerprint density at radius 3 is 2.47 bits per heavy atom. The molecular weight excluding hydrogens is 242 g/mol. The molecule has 0 aliphatic carbocycles. The van der Waals surface area contributed by atoms with Gasteiger partial charge in [-0.25, -0.2) is 0 Å². The van der Waals surface area contributed by atoms with Gasteiger partial charge in [0.25, 0.3) is 0 Å². The Bertz CT molecular complexity index is 566. The van der Waals surface area contributed by atoms with Crippen LogP contribution in [0.4, 0.5) is 5.69 Å². The highest BCUT2D eigenvalue weighted by Gasteiger charge is 2.11. The number of aromatic hydroxyl groups is 1. The molecule has 0 bridgehead atoms. The third-order valence-electron chi connectivity index (χ3n) is 2.98. The Morgan fingerprint density at radius 1 is 0.947 bits per heavy atom. The van der Waals surface area contributed by atoms with Crippen molar-refractivity contribution in [3.8, 4) is 17.2 Å². The van der Waals surface area contributed by atoms with E-state index in [0.29, 0.717) is 19.8 Å². The molecule has 0 saturated carbocycles. The van der Waals surface area contributed by atoms with E-state index in [1.807, 2.05) is 30.3 Å². The first-order valence-electron chi connectivity index (χ1n) is 6.23. The second kappa shape index (κ2) is 5.10. The van der Waals surface area contributed by atoms with Crippen LogP contribution in [0.25, 0.3) is 0 Å². The second-order valence-corrected chi connectivity index (χ2v) is 4.38. The minimum absolute atomic E-state index is 0.281. The maximum Gasteiger partial charge on any atom is 0.163 e. The van der Waals surface area contributed by atoms with Gasteiger partial charge in [-0.05, 0) is 29.8 Å². The lowest BCUT2D eigenvalue weighted by molar-refractivity contribution is 0.171. The van der Waals surface area contributed by atoms with Crippen molar-refractivity contribution < 1.29 is 14.6 Å². The van der Waals surface area contributed by atoms with Gasteiger partial charge in [0.15, 0.2) is 11.5 Å². The van der Waals surface area contributed by atoms with E-state index < -0.39 is 0 Å². The first-order chi connectivity index (χ1) is 9.31. The van der Waals surface area contributed by atoms with Gasteiger partial charge in [-0.3, -0.25) is 0 Å². The largest absolute Gasteiger partial charge is 0.508 e. The molecular formula is C15H15NO3. The van der Waals surface area contributed by atoms with Crippen molar-refractivity contribution in [2.45, 2.75) is 6.54 Å². The number of phenolic OH excluding ortho intramolecular Hbond substituents is 1. The van der Waals surface area contributed by atoms with E-state index in [-0.39, 0.29) is 5.75 Å². The smallest absolute Gasteiger partial charge is 0.163 e. The van der Waals surface area contributed by atoms with Crippen LogP contribution in [0.15, 0.2) is 42.5 Å². The van der Waals surface area contributed by atoms with Gasteiger partial charge in [-0.15, -0.1) is 0 Å². The third kappa shape index (κ3) is 2.73. The predicted octanol–water partition coefficient (Wildman–Crippen LogP) is 2.78. The fourth-order valence-corrected chi connectivity index (χ4v) is 1.97. The fourth-order valence-electron chi connectivity index (χ4n) is 1.97. The summed E-state index contributed by atoms with van der Waals surface area (Å²) in [6.07, 6.45) is 0. The molecule has 0 aromatic heterocycles. The molecule has 19 heavy (non-hydrogen) atoms. The first-order valence-corrected chi connectivity index (χ1v) is 6.23. The van der Waals surface area contributed by atoms with Crippen LogP contribution >= 0.6 is 0 Å². The molecule has 1 heterocycles. The lowest BCUT2D eigenvalue weighted by atomic mass is 10.2. The summed E-state index contributed by atoms with van der Waals surface area (Å²) < 4.78 is 11.0. The summed E-state index contributed by atoms with van der Waals surface area (Å²) in [4.78, 5) is 0.